The van der Waals surface area contributed by atoms with E-state index >= 15 is 0 Å². The largest absolute Gasteiger partial charge is 0.487 e. The average molecular weight is 328 g/mol. The number of piperazine rings is 1. The number of pyridine rings is 1. The quantitative estimate of drug-likeness (QED) is 0.856. The number of aromatic nitrogens is 2. The molecule has 0 spiro atoms. The highest BCUT2D eigenvalue weighted by molar-refractivity contribution is 5.21. The lowest BCUT2D eigenvalue weighted by atomic mass is 10.1. The van der Waals surface area contributed by atoms with Gasteiger partial charge in [-0.05, 0) is 26.0 Å². The van der Waals surface area contributed by atoms with Crippen molar-refractivity contribution in [3.8, 4) is 5.75 Å². The molecule has 0 bridgehead atoms. The highest BCUT2D eigenvalue weighted by Gasteiger charge is 2.37. The van der Waals surface area contributed by atoms with Crippen LogP contribution in [0, 0.1) is 13.8 Å². The lowest BCUT2D eigenvalue weighted by Gasteiger charge is -2.37. The Balaban J connectivity index is 1.36. The van der Waals surface area contributed by atoms with Crippen molar-refractivity contribution in [1.82, 2.24) is 19.9 Å². The smallest absolute Gasteiger partial charge is 0.138 e. The standard InChI is InChI=1S/C18H24N4O2/c1-13-18(14(2)24-20-13)12-21-6-7-22-11-17(8-15(22)10-21)23-16-4-3-5-19-9-16/h3-5,9,15,17H,6-8,10-12H2,1-2H3/t15-,17+/m0/s1. The molecule has 0 N–H and O–H groups in total. The van der Waals surface area contributed by atoms with Gasteiger partial charge in [0.2, 0.25) is 0 Å². The van der Waals surface area contributed by atoms with Crippen molar-refractivity contribution in [2.75, 3.05) is 26.2 Å². The normalized spacial score (nSPS) is 24.9. The van der Waals surface area contributed by atoms with Crippen LogP contribution in [0.4, 0.5) is 0 Å². The highest BCUT2D eigenvalue weighted by atomic mass is 16.5. The van der Waals surface area contributed by atoms with Gasteiger partial charge in [-0.1, -0.05) is 5.16 Å². The van der Waals surface area contributed by atoms with Crippen LogP contribution in [0.2, 0.25) is 0 Å². The molecule has 0 radical (unpaired) electrons. The fraction of sp³-hybridized carbons (Fsp3) is 0.556. The first kappa shape index (κ1) is 15.6. The fourth-order valence-corrected chi connectivity index (χ4v) is 3.85. The molecular weight excluding hydrogens is 304 g/mol. The van der Waals surface area contributed by atoms with Gasteiger partial charge in [0.05, 0.1) is 11.9 Å². The molecule has 4 rings (SSSR count). The zero-order valence-electron chi connectivity index (χ0n) is 14.3. The summed E-state index contributed by atoms with van der Waals surface area (Å²) in [5.41, 5.74) is 2.25. The molecule has 0 aromatic carbocycles. The molecule has 6 heteroatoms. The maximum atomic E-state index is 6.10. The van der Waals surface area contributed by atoms with Gasteiger partial charge < -0.3 is 9.26 Å². The van der Waals surface area contributed by atoms with E-state index in [0.717, 1.165) is 56.3 Å². The molecule has 128 valence electrons. The minimum absolute atomic E-state index is 0.262. The van der Waals surface area contributed by atoms with E-state index in [1.807, 2.05) is 26.0 Å². The molecule has 0 unspecified atom stereocenters. The van der Waals surface area contributed by atoms with Crippen LogP contribution in [-0.4, -0.2) is 58.3 Å². The first-order chi connectivity index (χ1) is 11.7. The van der Waals surface area contributed by atoms with E-state index in [9.17, 15) is 0 Å². The van der Waals surface area contributed by atoms with Gasteiger partial charge in [0, 0.05) is 56.9 Å². The fourth-order valence-electron chi connectivity index (χ4n) is 3.85. The topological polar surface area (TPSA) is 54.6 Å². The summed E-state index contributed by atoms with van der Waals surface area (Å²) in [6.45, 7) is 9.23. The second-order valence-electron chi connectivity index (χ2n) is 6.85. The van der Waals surface area contributed by atoms with Crippen LogP contribution < -0.4 is 4.74 Å². The van der Waals surface area contributed by atoms with E-state index in [-0.39, 0.29) is 6.10 Å². The number of rotatable bonds is 4. The van der Waals surface area contributed by atoms with Gasteiger partial charge in [-0.2, -0.15) is 0 Å². The van der Waals surface area contributed by atoms with Gasteiger partial charge in [-0.25, -0.2) is 0 Å². The number of hydrogen-bond donors (Lipinski definition) is 0. The van der Waals surface area contributed by atoms with Gasteiger partial charge in [0.15, 0.2) is 0 Å². The van der Waals surface area contributed by atoms with Crippen LogP contribution >= 0.6 is 0 Å². The molecule has 2 fully saturated rings. The maximum absolute atomic E-state index is 6.10. The van der Waals surface area contributed by atoms with E-state index in [2.05, 4.69) is 19.9 Å². The van der Waals surface area contributed by atoms with Gasteiger partial charge in [0.25, 0.3) is 0 Å². The van der Waals surface area contributed by atoms with Crippen molar-refractivity contribution in [1.29, 1.82) is 0 Å². The minimum atomic E-state index is 0.262. The van der Waals surface area contributed by atoms with Crippen molar-refractivity contribution in [2.45, 2.75) is 39.0 Å². The maximum Gasteiger partial charge on any atom is 0.138 e. The monoisotopic (exact) mass is 328 g/mol. The van der Waals surface area contributed by atoms with Crippen molar-refractivity contribution in [3.63, 3.8) is 0 Å². The molecule has 2 saturated heterocycles. The molecule has 2 aromatic rings. The Hall–Kier alpha value is -1.92. The highest BCUT2D eigenvalue weighted by Crippen LogP contribution is 2.27. The zero-order valence-corrected chi connectivity index (χ0v) is 14.3. The molecule has 2 aliphatic rings. The van der Waals surface area contributed by atoms with Crippen molar-refractivity contribution in [3.05, 3.63) is 41.5 Å². The SMILES string of the molecule is Cc1noc(C)c1CN1CCN2C[C@H](Oc3cccnc3)C[C@H]2C1. The summed E-state index contributed by atoms with van der Waals surface area (Å²) in [6, 6.07) is 4.47. The first-order valence-corrected chi connectivity index (χ1v) is 8.64. The molecule has 0 amide bonds. The Bertz CT molecular complexity index is 668. The number of nitrogens with zero attached hydrogens (tertiary/aromatic N) is 4. The van der Waals surface area contributed by atoms with E-state index in [1.54, 1.807) is 12.4 Å². The van der Waals surface area contributed by atoms with E-state index in [1.165, 1.54) is 5.56 Å². The Kier molecular flexibility index (Phi) is 4.24. The average Bonchev–Trinajstić information content (AvgIpc) is 3.12. The molecule has 2 aliphatic heterocycles. The summed E-state index contributed by atoms with van der Waals surface area (Å²) in [4.78, 5) is 9.20. The van der Waals surface area contributed by atoms with E-state index < -0.39 is 0 Å². The predicted octanol–water partition coefficient (Wildman–Crippen LogP) is 2.02. The molecule has 4 heterocycles. The second-order valence-corrected chi connectivity index (χ2v) is 6.85. The van der Waals surface area contributed by atoms with Crippen LogP contribution in [0.15, 0.2) is 29.0 Å². The van der Waals surface area contributed by atoms with Crippen LogP contribution in [0.1, 0.15) is 23.4 Å². The van der Waals surface area contributed by atoms with Crippen molar-refractivity contribution in [2.24, 2.45) is 0 Å². The summed E-state index contributed by atoms with van der Waals surface area (Å²) in [7, 11) is 0. The molecule has 0 aliphatic carbocycles. The summed E-state index contributed by atoms with van der Waals surface area (Å²) >= 11 is 0. The van der Waals surface area contributed by atoms with Gasteiger partial charge in [-0.3, -0.25) is 14.8 Å². The van der Waals surface area contributed by atoms with Crippen LogP contribution in [0.3, 0.4) is 0 Å². The van der Waals surface area contributed by atoms with Crippen LogP contribution in [0.25, 0.3) is 0 Å². The number of ether oxygens (including phenoxy) is 1. The third-order valence-corrected chi connectivity index (χ3v) is 5.16. The van der Waals surface area contributed by atoms with E-state index in [4.69, 9.17) is 9.26 Å². The Morgan fingerprint density at radius 3 is 2.96 bits per heavy atom. The first-order valence-electron chi connectivity index (χ1n) is 8.64. The second kappa shape index (κ2) is 6.53. The Morgan fingerprint density at radius 1 is 1.29 bits per heavy atom. The van der Waals surface area contributed by atoms with Gasteiger partial charge in [-0.15, -0.1) is 0 Å². The molecular formula is C18H24N4O2. The Morgan fingerprint density at radius 2 is 2.21 bits per heavy atom. The van der Waals surface area contributed by atoms with Crippen LogP contribution in [-0.2, 0) is 6.54 Å². The summed E-state index contributed by atoms with van der Waals surface area (Å²) in [5.74, 6) is 1.81. The van der Waals surface area contributed by atoms with Crippen molar-refractivity contribution >= 4 is 0 Å². The molecule has 2 aromatic heterocycles. The molecule has 6 nitrogen and oxygen atoms in total. The Labute approximate surface area is 142 Å². The summed E-state index contributed by atoms with van der Waals surface area (Å²) in [5, 5.41) is 4.07. The van der Waals surface area contributed by atoms with E-state index in [0.29, 0.717) is 6.04 Å². The number of aryl methyl sites for hydroxylation is 2. The lowest BCUT2D eigenvalue weighted by Crippen LogP contribution is -2.49. The zero-order chi connectivity index (χ0) is 16.5. The van der Waals surface area contributed by atoms with Gasteiger partial charge >= 0.3 is 0 Å². The molecule has 0 saturated carbocycles. The summed E-state index contributed by atoms with van der Waals surface area (Å²) in [6.07, 6.45) is 4.91. The summed E-state index contributed by atoms with van der Waals surface area (Å²) < 4.78 is 11.4. The molecule has 24 heavy (non-hydrogen) atoms. The number of hydrogen-bond acceptors (Lipinski definition) is 6. The van der Waals surface area contributed by atoms with Crippen molar-refractivity contribution < 1.29 is 9.26 Å². The predicted molar refractivity (Wildman–Crippen MR) is 89.9 cm³/mol. The van der Waals surface area contributed by atoms with Crippen LogP contribution in [0.5, 0.6) is 5.75 Å². The third-order valence-electron chi connectivity index (χ3n) is 5.16. The molecule has 2 atom stereocenters. The number of fused-ring (bicyclic) bond motifs is 1. The van der Waals surface area contributed by atoms with Gasteiger partial charge in [0.1, 0.15) is 17.6 Å². The minimum Gasteiger partial charge on any atom is -0.487 e. The third kappa shape index (κ3) is 3.16. The lowest BCUT2D eigenvalue weighted by molar-refractivity contribution is 0.0974.